The third kappa shape index (κ3) is 6.03. The summed E-state index contributed by atoms with van der Waals surface area (Å²) in [5.41, 5.74) is -1.17. The quantitative estimate of drug-likeness (QED) is 0.556. The van der Waals surface area contributed by atoms with Crippen molar-refractivity contribution in [1.82, 2.24) is 20.6 Å². The molecule has 12 heteroatoms. The van der Waals surface area contributed by atoms with Crippen LogP contribution in [0.3, 0.4) is 0 Å². The van der Waals surface area contributed by atoms with E-state index >= 15 is 0 Å². The van der Waals surface area contributed by atoms with E-state index in [4.69, 9.17) is 4.74 Å². The molecule has 2 aromatic heterocycles. The summed E-state index contributed by atoms with van der Waals surface area (Å²) >= 11 is 0. The van der Waals surface area contributed by atoms with Gasteiger partial charge in [0.1, 0.15) is 18.2 Å². The molecule has 2 fully saturated rings. The van der Waals surface area contributed by atoms with Crippen LogP contribution in [-0.2, 0) is 4.79 Å². The maximum Gasteiger partial charge on any atom is 0.405 e. The minimum absolute atomic E-state index is 0.0513. The van der Waals surface area contributed by atoms with Crippen molar-refractivity contribution in [2.45, 2.75) is 69.4 Å². The van der Waals surface area contributed by atoms with E-state index in [0.717, 1.165) is 19.0 Å². The van der Waals surface area contributed by atoms with Gasteiger partial charge in [0.25, 0.3) is 11.8 Å². The van der Waals surface area contributed by atoms with Crippen LogP contribution in [0.15, 0.2) is 36.7 Å². The molecule has 0 radical (unpaired) electrons. The predicted molar refractivity (Wildman–Crippen MR) is 122 cm³/mol. The van der Waals surface area contributed by atoms with Gasteiger partial charge in [0.2, 0.25) is 5.88 Å². The molecule has 4 heterocycles. The van der Waals surface area contributed by atoms with Crippen molar-refractivity contribution >= 4 is 17.6 Å². The molecule has 2 aromatic rings. The maximum atomic E-state index is 13.1. The number of halogens is 4. The number of carbonyl (C=O) groups excluding carboxylic acids is 2. The van der Waals surface area contributed by atoms with Gasteiger partial charge in [-0.1, -0.05) is 0 Å². The Balaban J connectivity index is 1.34. The second-order valence-electron chi connectivity index (χ2n) is 9.56. The zero-order chi connectivity index (χ0) is 26.1. The van der Waals surface area contributed by atoms with Gasteiger partial charge in [0, 0.05) is 30.4 Å². The van der Waals surface area contributed by atoms with E-state index in [2.05, 4.69) is 20.2 Å². The highest BCUT2D eigenvalue weighted by molar-refractivity contribution is 5.94. The second kappa shape index (κ2) is 9.90. The molecular formula is C24H27F4N5O3. The number of amides is 2. The molecule has 8 nitrogen and oxygen atoms in total. The molecule has 0 spiro atoms. The molecule has 0 saturated carbocycles. The summed E-state index contributed by atoms with van der Waals surface area (Å²) in [7, 11) is 0. The highest BCUT2D eigenvalue weighted by Gasteiger charge is 2.43. The third-order valence-electron chi connectivity index (χ3n) is 6.40. The lowest BCUT2D eigenvalue weighted by Crippen LogP contribution is -2.55. The van der Waals surface area contributed by atoms with Gasteiger partial charge in [-0.2, -0.15) is 13.2 Å². The van der Waals surface area contributed by atoms with Crippen LogP contribution in [0.5, 0.6) is 5.88 Å². The number of fused-ring (bicyclic) bond motifs is 2. The van der Waals surface area contributed by atoms with E-state index in [0.29, 0.717) is 18.7 Å². The van der Waals surface area contributed by atoms with Crippen molar-refractivity contribution in [3.8, 4) is 5.88 Å². The van der Waals surface area contributed by atoms with Crippen molar-refractivity contribution < 1.29 is 31.9 Å². The summed E-state index contributed by atoms with van der Waals surface area (Å²) in [6.45, 7) is 1.83. The lowest BCUT2D eigenvalue weighted by atomic mass is 9.96. The molecule has 2 aliphatic heterocycles. The van der Waals surface area contributed by atoms with Crippen molar-refractivity contribution in [3.63, 3.8) is 0 Å². The largest absolute Gasteiger partial charge is 0.462 e. The topological polar surface area (TPSA) is 96.5 Å². The molecule has 194 valence electrons. The van der Waals surface area contributed by atoms with Crippen LogP contribution in [-0.4, -0.2) is 58.2 Å². The van der Waals surface area contributed by atoms with E-state index in [-0.39, 0.29) is 35.5 Å². The number of pyridine rings is 2. The molecule has 2 N–H and O–H groups in total. The highest BCUT2D eigenvalue weighted by atomic mass is 19.4. The number of nitrogens with one attached hydrogen (secondary N) is 2. The number of anilines is 1. The minimum Gasteiger partial charge on any atom is -0.462 e. The van der Waals surface area contributed by atoms with E-state index in [1.54, 1.807) is 19.9 Å². The summed E-state index contributed by atoms with van der Waals surface area (Å²) in [5, 5.41) is 4.89. The standard InChI is InChI=1S/C24H27F4N5O3/c1-23(2,36-20-8-4-15(25)12-30-20)22(35)32-16-9-17-5-6-18(10-16)33(17)19-7-3-14(11-29-19)21(34)31-13-24(26,27)28/h3-4,7-8,11-12,16-18H,5-6,9-10,13H2,1-2H3,(H,31,34)(H,32,35). The van der Waals surface area contributed by atoms with Crippen LogP contribution in [0.1, 0.15) is 49.9 Å². The van der Waals surface area contributed by atoms with Crippen molar-refractivity contribution in [2.24, 2.45) is 0 Å². The van der Waals surface area contributed by atoms with Crippen LogP contribution < -0.4 is 20.3 Å². The molecule has 2 amide bonds. The van der Waals surface area contributed by atoms with E-state index < -0.39 is 30.0 Å². The lowest BCUT2D eigenvalue weighted by Gasteiger charge is -2.40. The fraction of sp³-hybridized carbons (Fsp3) is 0.500. The highest BCUT2D eigenvalue weighted by Crippen LogP contribution is 2.38. The zero-order valence-corrected chi connectivity index (χ0v) is 19.8. The molecule has 2 bridgehead atoms. The van der Waals surface area contributed by atoms with Crippen LogP contribution in [0.2, 0.25) is 0 Å². The van der Waals surface area contributed by atoms with Gasteiger partial charge in [0.05, 0.1) is 11.8 Å². The first kappa shape index (κ1) is 25.6. The fourth-order valence-corrected chi connectivity index (χ4v) is 4.71. The van der Waals surface area contributed by atoms with Gasteiger partial charge in [-0.15, -0.1) is 0 Å². The van der Waals surface area contributed by atoms with E-state index in [1.165, 1.54) is 24.4 Å². The number of hydrogen-bond acceptors (Lipinski definition) is 6. The molecule has 2 aliphatic rings. The summed E-state index contributed by atoms with van der Waals surface area (Å²) in [6, 6.07) is 5.83. The van der Waals surface area contributed by atoms with Crippen LogP contribution in [0, 0.1) is 5.82 Å². The van der Waals surface area contributed by atoms with Gasteiger partial charge >= 0.3 is 6.18 Å². The number of rotatable bonds is 7. The first-order valence-corrected chi connectivity index (χ1v) is 11.6. The number of ether oxygens (including phenoxy) is 1. The predicted octanol–water partition coefficient (Wildman–Crippen LogP) is 3.38. The Bertz CT molecular complexity index is 1080. The number of alkyl halides is 3. The summed E-state index contributed by atoms with van der Waals surface area (Å²) < 4.78 is 55.8. The Morgan fingerprint density at radius 3 is 2.31 bits per heavy atom. The van der Waals surface area contributed by atoms with E-state index in [9.17, 15) is 27.2 Å². The summed E-state index contributed by atoms with van der Waals surface area (Å²) in [6.07, 6.45) is 0.994. The van der Waals surface area contributed by atoms with Crippen molar-refractivity contribution in [1.29, 1.82) is 0 Å². The van der Waals surface area contributed by atoms with Crippen LogP contribution in [0.4, 0.5) is 23.4 Å². The smallest absolute Gasteiger partial charge is 0.405 e. The molecular weight excluding hydrogens is 482 g/mol. The maximum absolute atomic E-state index is 13.1. The van der Waals surface area contributed by atoms with Crippen molar-refractivity contribution in [2.75, 3.05) is 11.4 Å². The summed E-state index contributed by atoms with van der Waals surface area (Å²) in [5.74, 6) is -0.852. The first-order chi connectivity index (χ1) is 16.9. The van der Waals surface area contributed by atoms with Gasteiger partial charge in [-0.3, -0.25) is 9.59 Å². The Morgan fingerprint density at radius 2 is 1.75 bits per heavy atom. The number of nitrogens with zero attached hydrogens (tertiary/aromatic N) is 3. The fourth-order valence-electron chi connectivity index (χ4n) is 4.71. The Hall–Kier alpha value is -3.44. The van der Waals surface area contributed by atoms with E-state index in [1.807, 2.05) is 5.32 Å². The average Bonchev–Trinajstić information content (AvgIpc) is 3.08. The molecule has 0 aromatic carbocycles. The molecule has 36 heavy (non-hydrogen) atoms. The zero-order valence-electron chi connectivity index (χ0n) is 19.8. The molecule has 4 rings (SSSR count). The Morgan fingerprint density at radius 1 is 1.06 bits per heavy atom. The van der Waals surface area contributed by atoms with Crippen molar-refractivity contribution in [3.05, 3.63) is 48.0 Å². The summed E-state index contributed by atoms with van der Waals surface area (Å²) in [4.78, 5) is 35.2. The molecule has 2 atom stereocenters. The number of carbonyl (C=O) groups is 2. The van der Waals surface area contributed by atoms with Crippen LogP contribution >= 0.6 is 0 Å². The number of piperidine rings is 1. The lowest BCUT2D eigenvalue weighted by molar-refractivity contribution is -0.135. The van der Waals surface area contributed by atoms with Gasteiger partial charge < -0.3 is 20.3 Å². The third-order valence-corrected chi connectivity index (χ3v) is 6.40. The van der Waals surface area contributed by atoms with Gasteiger partial charge in [-0.25, -0.2) is 14.4 Å². The SMILES string of the molecule is CC(C)(Oc1ccc(F)cn1)C(=O)NC1CC2CCC(C1)N2c1ccc(C(=O)NCC(F)(F)F)cn1. The monoisotopic (exact) mass is 509 g/mol. The molecule has 2 saturated heterocycles. The molecule has 0 aliphatic carbocycles. The second-order valence-corrected chi connectivity index (χ2v) is 9.56. The number of hydrogen-bond donors (Lipinski definition) is 2. The normalized spacial score (nSPS) is 21.7. The Labute approximate surface area is 205 Å². The Kier molecular flexibility index (Phi) is 7.05. The first-order valence-electron chi connectivity index (χ1n) is 11.6. The van der Waals surface area contributed by atoms with Gasteiger partial charge in [0.15, 0.2) is 5.60 Å². The minimum atomic E-state index is -4.48. The number of aromatic nitrogens is 2. The molecule has 2 unspecified atom stereocenters. The average molecular weight is 510 g/mol. The van der Waals surface area contributed by atoms with Gasteiger partial charge in [-0.05, 0) is 57.7 Å². The van der Waals surface area contributed by atoms with Crippen LogP contribution in [0.25, 0.3) is 0 Å².